The maximum atomic E-state index is 13.2. The second-order valence-corrected chi connectivity index (χ2v) is 8.56. The summed E-state index contributed by atoms with van der Waals surface area (Å²) < 4.78 is 5.20. The minimum absolute atomic E-state index is 0.0932. The standard InChI is InChI=1S/C28H25N3O4/c1-35-23-11-5-10-22(17-23)31-27(33)24(26(32)29-28(31)34)16-20-12-13-25-21(15-20)9-6-14-30(25)18-19-7-3-2-4-8-19/h2-5,7-8,10-13,15-17H,6,9,14,18H2,1H3,(H,29,32,34). The van der Waals surface area contributed by atoms with Crippen LogP contribution in [0.4, 0.5) is 16.2 Å². The van der Waals surface area contributed by atoms with E-state index in [4.69, 9.17) is 4.74 Å². The highest BCUT2D eigenvalue weighted by Crippen LogP contribution is 2.31. The largest absolute Gasteiger partial charge is 0.497 e. The van der Waals surface area contributed by atoms with Crippen LogP contribution in [0.25, 0.3) is 6.08 Å². The summed E-state index contributed by atoms with van der Waals surface area (Å²) in [5.41, 5.74) is 4.56. The van der Waals surface area contributed by atoms with Gasteiger partial charge in [-0.1, -0.05) is 42.5 Å². The van der Waals surface area contributed by atoms with Gasteiger partial charge in [0.1, 0.15) is 11.3 Å². The number of carbonyl (C=O) groups is 3. The molecule has 0 saturated carbocycles. The average Bonchev–Trinajstić information content (AvgIpc) is 2.87. The van der Waals surface area contributed by atoms with Gasteiger partial charge in [0.2, 0.25) is 0 Å². The lowest BCUT2D eigenvalue weighted by atomic mass is 9.97. The normalized spacial score (nSPS) is 16.8. The number of benzene rings is 3. The summed E-state index contributed by atoms with van der Waals surface area (Å²) in [7, 11) is 1.50. The zero-order valence-electron chi connectivity index (χ0n) is 19.4. The van der Waals surface area contributed by atoms with E-state index in [1.807, 2.05) is 36.4 Å². The number of nitrogens with zero attached hydrogens (tertiary/aromatic N) is 2. The van der Waals surface area contributed by atoms with Gasteiger partial charge in [-0.25, -0.2) is 9.69 Å². The highest BCUT2D eigenvalue weighted by atomic mass is 16.5. The number of carbonyl (C=O) groups excluding carboxylic acids is 3. The maximum Gasteiger partial charge on any atom is 0.335 e. The van der Waals surface area contributed by atoms with E-state index in [1.54, 1.807) is 30.3 Å². The molecule has 2 heterocycles. The Morgan fingerprint density at radius 1 is 0.971 bits per heavy atom. The van der Waals surface area contributed by atoms with Crippen LogP contribution >= 0.6 is 0 Å². The Balaban J connectivity index is 1.44. The minimum Gasteiger partial charge on any atom is -0.497 e. The molecule has 176 valence electrons. The van der Waals surface area contributed by atoms with E-state index in [9.17, 15) is 14.4 Å². The van der Waals surface area contributed by atoms with E-state index in [2.05, 4.69) is 22.3 Å². The zero-order chi connectivity index (χ0) is 24.4. The molecule has 35 heavy (non-hydrogen) atoms. The van der Waals surface area contributed by atoms with Gasteiger partial charge in [0.25, 0.3) is 11.8 Å². The predicted molar refractivity (Wildman–Crippen MR) is 134 cm³/mol. The van der Waals surface area contributed by atoms with Crippen LogP contribution in [0.5, 0.6) is 5.75 Å². The fraction of sp³-hybridized carbons (Fsp3) is 0.179. The molecule has 0 spiro atoms. The van der Waals surface area contributed by atoms with E-state index in [-0.39, 0.29) is 5.57 Å². The first kappa shape index (κ1) is 22.4. The molecule has 0 aromatic heterocycles. The van der Waals surface area contributed by atoms with Crippen LogP contribution in [0.15, 0.2) is 78.4 Å². The number of aryl methyl sites for hydroxylation is 1. The van der Waals surface area contributed by atoms with E-state index in [0.717, 1.165) is 42.1 Å². The van der Waals surface area contributed by atoms with Gasteiger partial charge < -0.3 is 9.64 Å². The van der Waals surface area contributed by atoms with Crippen LogP contribution in [0, 0.1) is 0 Å². The van der Waals surface area contributed by atoms with Crippen LogP contribution < -0.4 is 19.9 Å². The fourth-order valence-electron chi connectivity index (χ4n) is 4.56. The minimum atomic E-state index is -0.785. The Kier molecular flexibility index (Phi) is 6.06. The number of nitrogens with one attached hydrogen (secondary N) is 1. The van der Waals surface area contributed by atoms with Gasteiger partial charge in [0.05, 0.1) is 12.8 Å². The monoisotopic (exact) mass is 467 g/mol. The zero-order valence-corrected chi connectivity index (χ0v) is 19.4. The van der Waals surface area contributed by atoms with Crippen molar-refractivity contribution in [3.05, 3.63) is 95.1 Å². The smallest absolute Gasteiger partial charge is 0.335 e. The molecule has 3 aromatic carbocycles. The van der Waals surface area contributed by atoms with Crippen molar-refractivity contribution in [2.75, 3.05) is 23.5 Å². The third-order valence-electron chi connectivity index (χ3n) is 6.26. The van der Waals surface area contributed by atoms with Crippen LogP contribution in [0.2, 0.25) is 0 Å². The van der Waals surface area contributed by atoms with Gasteiger partial charge in [0.15, 0.2) is 0 Å². The topological polar surface area (TPSA) is 79.0 Å². The van der Waals surface area contributed by atoms with Crippen molar-refractivity contribution >= 4 is 35.3 Å². The number of anilines is 2. The van der Waals surface area contributed by atoms with Gasteiger partial charge in [-0.15, -0.1) is 0 Å². The fourth-order valence-corrected chi connectivity index (χ4v) is 4.56. The molecule has 0 aliphatic carbocycles. The van der Waals surface area contributed by atoms with Crippen LogP contribution in [-0.4, -0.2) is 31.5 Å². The van der Waals surface area contributed by atoms with Gasteiger partial charge in [-0.3, -0.25) is 14.9 Å². The van der Waals surface area contributed by atoms with Crippen molar-refractivity contribution < 1.29 is 19.1 Å². The first-order valence-corrected chi connectivity index (χ1v) is 11.5. The van der Waals surface area contributed by atoms with Crippen molar-refractivity contribution in [3.8, 4) is 5.75 Å². The molecule has 2 aliphatic heterocycles. The second kappa shape index (κ2) is 9.46. The Morgan fingerprint density at radius 3 is 2.60 bits per heavy atom. The molecular formula is C28H25N3O4. The van der Waals surface area contributed by atoms with E-state index in [0.29, 0.717) is 11.4 Å². The maximum absolute atomic E-state index is 13.2. The third kappa shape index (κ3) is 4.53. The summed E-state index contributed by atoms with van der Waals surface area (Å²) in [5, 5.41) is 2.27. The van der Waals surface area contributed by atoms with Gasteiger partial charge >= 0.3 is 6.03 Å². The Hall–Kier alpha value is -4.39. The number of ether oxygens (including phenoxy) is 1. The third-order valence-corrected chi connectivity index (χ3v) is 6.26. The number of barbiturate groups is 1. The molecule has 2 aliphatic rings. The number of rotatable bonds is 5. The molecule has 0 unspecified atom stereocenters. The van der Waals surface area contributed by atoms with Crippen molar-refractivity contribution in [2.24, 2.45) is 0 Å². The summed E-state index contributed by atoms with van der Waals surface area (Å²) in [6, 6.07) is 22.1. The quantitative estimate of drug-likeness (QED) is 0.447. The molecule has 1 saturated heterocycles. The van der Waals surface area contributed by atoms with Gasteiger partial charge in [-0.2, -0.15) is 0 Å². The van der Waals surface area contributed by atoms with Crippen LogP contribution in [0.1, 0.15) is 23.1 Å². The average molecular weight is 468 g/mol. The lowest BCUT2D eigenvalue weighted by Crippen LogP contribution is -2.54. The number of amides is 4. The summed E-state index contributed by atoms with van der Waals surface area (Å²) >= 11 is 0. The molecular weight excluding hydrogens is 442 g/mol. The van der Waals surface area contributed by atoms with Crippen LogP contribution in [-0.2, 0) is 22.6 Å². The molecule has 0 bridgehead atoms. The summed E-state index contributed by atoms with van der Waals surface area (Å²) in [5.74, 6) is -0.877. The highest BCUT2D eigenvalue weighted by Gasteiger charge is 2.37. The Labute approximate surface area is 203 Å². The number of hydrogen-bond donors (Lipinski definition) is 1. The number of imide groups is 2. The number of fused-ring (bicyclic) bond motifs is 1. The molecule has 1 fully saturated rings. The first-order valence-electron chi connectivity index (χ1n) is 11.5. The van der Waals surface area contributed by atoms with E-state index in [1.165, 1.54) is 18.2 Å². The van der Waals surface area contributed by atoms with Gasteiger partial charge in [-0.05, 0) is 59.9 Å². The second-order valence-electron chi connectivity index (χ2n) is 8.56. The number of methoxy groups -OCH3 is 1. The molecule has 3 aromatic rings. The molecule has 0 radical (unpaired) electrons. The first-order chi connectivity index (χ1) is 17.0. The molecule has 4 amide bonds. The number of urea groups is 1. The lowest BCUT2D eigenvalue weighted by molar-refractivity contribution is -0.122. The van der Waals surface area contributed by atoms with E-state index >= 15 is 0 Å². The number of hydrogen-bond acceptors (Lipinski definition) is 5. The molecule has 7 nitrogen and oxygen atoms in total. The highest BCUT2D eigenvalue weighted by molar-refractivity contribution is 6.39. The van der Waals surface area contributed by atoms with Crippen molar-refractivity contribution in [2.45, 2.75) is 19.4 Å². The SMILES string of the molecule is COc1cccc(N2C(=O)NC(=O)C(=Cc3ccc4c(c3)CCCN4Cc3ccccc3)C2=O)c1. The molecule has 0 atom stereocenters. The van der Waals surface area contributed by atoms with Crippen molar-refractivity contribution in [1.82, 2.24) is 5.32 Å². The molecule has 7 heteroatoms. The Bertz CT molecular complexity index is 1330. The predicted octanol–water partition coefficient (Wildman–Crippen LogP) is 4.31. The Morgan fingerprint density at radius 2 is 1.80 bits per heavy atom. The molecule has 1 N–H and O–H groups in total. The van der Waals surface area contributed by atoms with Crippen molar-refractivity contribution in [1.29, 1.82) is 0 Å². The van der Waals surface area contributed by atoms with Crippen molar-refractivity contribution in [3.63, 3.8) is 0 Å². The van der Waals surface area contributed by atoms with Crippen LogP contribution in [0.3, 0.4) is 0 Å². The summed E-state index contributed by atoms with van der Waals surface area (Å²) in [6.45, 7) is 1.80. The summed E-state index contributed by atoms with van der Waals surface area (Å²) in [6.07, 6.45) is 3.50. The lowest BCUT2D eigenvalue weighted by Gasteiger charge is -2.32. The van der Waals surface area contributed by atoms with Gasteiger partial charge in [0, 0.05) is 24.8 Å². The summed E-state index contributed by atoms with van der Waals surface area (Å²) in [4.78, 5) is 41.6. The molecule has 5 rings (SSSR count). The van der Waals surface area contributed by atoms with E-state index < -0.39 is 17.8 Å².